The van der Waals surface area contributed by atoms with Crippen LogP contribution in [0.5, 0.6) is 0 Å². The third kappa shape index (κ3) is 4.73. The first-order valence-corrected chi connectivity index (χ1v) is 9.06. The molecular formula is C20H26N4O2. The van der Waals surface area contributed by atoms with Gasteiger partial charge in [0, 0.05) is 63.9 Å². The number of aromatic nitrogens is 1. The maximum absolute atomic E-state index is 12.3. The van der Waals surface area contributed by atoms with E-state index in [-0.39, 0.29) is 5.91 Å². The van der Waals surface area contributed by atoms with Crippen LogP contribution < -0.4 is 15.1 Å². The van der Waals surface area contributed by atoms with Crippen LogP contribution in [-0.4, -0.2) is 57.3 Å². The first-order valence-electron chi connectivity index (χ1n) is 9.06. The molecule has 1 aromatic carbocycles. The van der Waals surface area contributed by atoms with Gasteiger partial charge in [-0.25, -0.2) is 4.98 Å². The highest BCUT2D eigenvalue weighted by atomic mass is 16.5. The summed E-state index contributed by atoms with van der Waals surface area (Å²) in [7, 11) is 1.66. The number of methoxy groups -OCH3 is 1. The van der Waals surface area contributed by atoms with E-state index in [0.717, 1.165) is 38.4 Å². The van der Waals surface area contributed by atoms with Crippen molar-refractivity contribution in [1.82, 2.24) is 10.3 Å². The first-order chi connectivity index (χ1) is 12.8. The second-order valence-corrected chi connectivity index (χ2v) is 6.31. The molecule has 1 aliphatic rings. The van der Waals surface area contributed by atoms with Gasteiger partial charge in [-0.2, -0.15) is 0 Å². The molecule has 3 rings (SSSR count). The van der Waals surface area contributed by atoms with Gasteiger partial charge in [-0.15, -0.1) is 0 Å². The Balaban J connectivity index is 1.56. The second-order valence-electron chi connectivity index (χ2n) is 6.31. The molecule has 6 heteroatoms. The third-order valence-electron chi connectivity index (χ3n) is 4.54. The number of carbonyl (C=O) groups is 1. The topological polar surface area (TPSA) is 57.7 Å². The van der Waals surface area contributed by atoms with E-state index in [2.05, 4.69) is 44.4 Å². The number of hydrogen-bond acceptors (Lipinski definition) is 5. The number of piperazine rings is 1. The normalized spacial score (nSPS) is 14.3. The lowest BCUT2D eigenvalue weighted by molar-refractivity contribution is 0.0948. The summed E-state index contributed by atoms with van der Waals surface area (Å²) in [6.45, 7) is 4.92. The molecule has 0 unspecified atom stereocenters. The molecule has 0 atom stereocenters. The van der Waals surface area contributed by atoms with Gasteiger partial charge in [0.25, 0.3) is 5.91 Å². The number of anilines is 2. The molecule has 1 amide bonds. The van der Waals surface area contributed by atoms with Crippen LogP contribution in [0.25, 0.3) is 0 Å². The molecule has 0 aliphatic carbocycles. The molecule has 1 saturated heterocycles. The maximum atomic E-state index is 12.3. The van der Waals surface area contributed by atoms with E-state index in [1.165, 1.54) is 5.69 Å². The number of benzene rings is 1. The predicted octanol–water partition coefficient (Wildman–Crippen LogP) is 2.17. The van der Waals surface area contributed by atoms with E-state index in [0.29, 0.717) is 18.7 Å². The van der Waals surface area contributed by atoms with Crippen molar-refractivity contribution in [3.63, 3.8) is 0 Å². The molecule has 26 heavy (non-hydrogen) atoms. The smallest absolute Gasteiger partial charge is 0.251 e. The molecule has 1 aliphatic heterocycles. The molecule has 1 N–H and O–H groups in total. The standard InChI is InChI=1S/C20H26N4O2/c1-26-15-5-9-22-20(25)17-8-10-21-19(16-17)24-13-11-23(12-14-24)18-6-3-2-4-7-18/h2-4,6-8,10,16H,5,9,11-15H2,1H3,(H,22,25). The van der Waals surface area contributed by atoms with Gasteiger partial charge in [-0.1, -0.05) is 18.2 Å². The molecule has 138 valence electrons. The Labute approximate surface area is 154 Å². The van der Waals surface area contributed by atoms with Crippen LogP contribution >= 0.6 is 0 Å². The zero-order valence-electron chi connectivity index (χ0n) is 15.2. The number of nitrogens with zero attached hydrogens (tertiary/aromatic N) is 3. The van der Waals surface area contributed by atoms with E-state index < -0.39 is 0 Å². The minimum absolute atomic E-state index is 0.0623. The fraction of sp³-hybridized carbons (Fsp3) is 0.400. The molecule has 6 nitrogen and oxygen atoms in total. The molecule has 0 radical (unpaired) electrons. The van der Waals surface area contributed by atoms with Crippen molar-refractivity contribution >= 4 is 17.4 Å². The van der Waals surface area contributed by atoms with E-state index in [1.807, 2.05) is 12.1 Å². The van der Waals surface area contributed by atoms with E-state index >= 15 is 0 Å². The molecule has 0 bridgehead atoms. The summed E-state index contributed by atoms with van der Waals surface area (Å²) in [5.74, 6) is 0.801. The average molecular weight is 354 g/mol. The lowest BCUT2D eigenvalue weighted by Gasteiger charge is -2.36. The Bertz CT molecular complexity index is 700. The second kappa shape index (κ2) is 9.20. The number of rotatable bonds is 7. The molecule has 2 heterocycles. The minimum Gasteiger partial charge on any atom is -0.385 e. The van der Waals surface area contributed by atoms with Gasteiger partial charge in [0.2, 0.25) is 0 Å². The minimum atomic E-state index is -0.0623. The highest BCUT2D eigenvalue weighted by molar-refractivity contribution is 5.94. The van der Waals surface area contributed by atoms with Crippen molar-refractivity contribution in [2.75, 3.05) is 56.2 Å². The molecule has 1 aromatic heterocycles. The summed E-state index contributed by atoms with van der Waals surface area (Å²) < 4.78 is 5.00. The summed E-state index contributed by atoms with van der Waals surface area (Å²) >= 11 is 0. The van der Waals surface area contributed by atoms with Gasteiger partial charge in [-0.3, -0.25) is 4.79 Å². The monoisotopic (exact) mass is 354 g/mol. The third-order valence-corrected chi connectivity index (χ3v) is 4.54. The van der Waals surface area contributed by atoms with Crippen molar-refractivity contribution in [3.05, 3.63) is 54.2 Å². The number of para-hydroxylation sites is 1. The summed E-state index contributed by atoms with van der Waals surface area (Å²) in [4.78, 5) is 21.3. The summed E-state index contributed by atoms with van der Waals surface area (Å²) in [6, 6.07) is 14.1. The highest BCUT2D eigenvalue weighted by Gasteiger charge is 2.19. The van der Waals surface area contributed by atoms with E-state index in [9.17, 15) is 4.79 Å². The number of pyridine rings is 1. The van der Waals surface area contributed by atoms with E-state index in [4.69, 9.17) is 4.74 Å². The molecule has 1 fully saturated rings. The van der Waals surface area contributed by atoms with Crippen LogP contribution in [0, 0.1) is 0 Å². The summed E-state index contributed by atoms with van der Waals surface area (Å²) in [6.07, 6.45) is 2.52. The van der Waals surface area contributed by atoms with Crippen LogP contribution in [0.15, 0.2) is 48.7 Å². The van der Waals surface area contributed by atoms with Gasteiger partial charge in [0.05, 0.1) is 0 Å². The summed E-state index contributed by atoms with van der Waals surface area (Å²) in [5, 5.41) is 2.92. The number of nitrogens with one attached hydrogen (secondary N) is 1. The van der Waals surface area contributed by atoms with Crippen LogP contribution in [0.1, 0.15) is 16.8 Å². The fourth-order valence-electron chi connectivity index (χ4n) is 3.09. The van der Waals surface area contributed by atoms with Crippen molar-refractivity contribution in [2.45, 2.75) is 6.42 Å². The van der Waals surface area contributed by atoms with Gasteiger partial charge in [-0.05, 0) is 30.7 Å². The van der Waals surface area contributed by atoms with Crippen molar-refractivity contribution < 1.29 is 9.53 Å². The predicted molar refractivity (Wildman–Crippen MR) is 104 cm³/mol. The van der Waals surface area contributed by atoms with Gasteiger partial charge >= 0.3 is 0 Å². The number of carbonyl (C=O) groups excluding carboxylic acids is 1. The zero-order chi connectivity index (χ0) is 18.2. The van der Waals surface area contributed by atoms with Crippen LogP contribution in [0.2, 0.25) is 0 Å². The Morgan fingerprint density at radius 3 is 2.58 bits per heavy atom. The molecular weight excluding hydrogens is 328 g/mol. The SMILES string of the molecule is COCCCNC(=O)c1ccnc(N2CCN(c3ccccc3)CC2)c1. The molecule has 2 aromatic rings. The Morgan fingerprint density at radius 2 is 1.85 bits per heavy atom. The largest absolute Gasteiger partial charge is 0.385 e. The van der Waals surface area contributed by atoms with Crippen LogP contribution in [-0.2, 0) is 4.74 Å². The molecule has 0 saturated carbocycles. The number of ether oxygens (including phenoxy) is 1. The summed E-state index contributed by atoms with van der Waals surface area (Å²) in [5.41, 5.74) is 1.90. The Morgan fingerprint density at radius 1 is 1.12 bits per heavy atom. The van der Waals surface area contributed by atoms with E-state index in [1.54, 1.807) is 19.4 Å². The lowest BCUT2D eigenvalue weighted by Crippen LogP contribution is -2.46. The van der Waals surface area contributed by atoms with Gasteiger partial charge in [0.15, 0.2) is 0 Å². The average Bonchev–Trinajstić information content (AvgIpc) is 2.72. The highest BCUT2D eigenvalue weighted by Crippen LogP contribution is 2.19. The Kier molecular flexibility index (Phi) is 6.44. The number of hydrogen-bond donors (Lipinski definition) is 1. The molecule has 0 spiro atoms. The van der Waals surface area contributed by atoms with Crippen molar-refractivity contribution in [3.8, 4) is 0 Å². The maximum Gasteiger partial charge on any atom is 0.251 e. The van der Waals surface area contributed by atoms with Gasteiger partial charge in [0.1, 0.15) is 5.82 Å². The van der Waals surface area contributed by atoms with Crippen molar-refractivity contribution in [1.29, 1.82) is 0 Å². The number of amides is 1. The Hall–Kier alpha value is -2.60. The van der Waals surface area contributed by atoms with Crippen LogP contribution in [0.3, 0.4) is 0 Å². The van der Waals surface area contributed by atoms with Crippen LogP contribution in [0.4, 0.5) is 11.5 Å². The van der Waals surface area contributed by atoms with Crippen molar-refractivity contribution in [2.24, 2.45) is 0 Å². The lowest BCUT2D eigenvalue weighted by atomic mass is 10.2. The quantitative estimate of drug-likeness (QED) is 0.773. The first kappa shape index (κ1) is 18.2. The van der Waals surface area contributed by atoms with Gasteiger partial charge < -0.3 is 19.9 Å². The fourth-order valence-corrected chi connectivity index (χ4v) is 3.09. The zero-order valence-corrected chi connectivity index (χ0v) is 15.2.